The summed E-state index contributed by atoms with van der Waals surface area (Å²) in [5, 5.41) is 17.7. The number of carboxylic acids is 1. The Hall–Kier alpha value is -2.15. The fourth-order valence-corrected chi connectivity index (χ4v) is 2.86. The van der Waals surface area contributed by atoms with Crippen molar-refractivity contribution in [2.45, 2.75) is 32.2 Å². The maximum atomic E-state index is 12.0. The second kappa shape index (κ2) is 7.03. The predicted molar refractivity (Wildman–Crippen MR) is 80.5 cm³/mol. The first kappa shape index (κ1) is 15.2. The third-order valence-electron chi connectivity index (χ3n) is 3.03. The molecule has 21 heavy (non-hydrogen) atoms. The van der Waals surface area contributed by atoms with E-state index in [0.29, 0.717) is 5.82 Å². The Bertz CT molecular complexity index is 607. The van der Waals surface area contributed by atoms with Crippen LogP contribution in [0.25, 0.3) is 0 Å². The van der Waals surface area contributed by atoms with Crippen molar-refractivity contribution in [3.63, 3.8) is 0 Å². The summed E-state index contributed by atoms with van der Waals surface area (Å²) in [6.07, 6.45) is 1.85. The van der Waals surface area contributed by atoms with Gasteiger partial charge in [-0.1, -0.05) is 6.07 Å². The van der Waals surface area contributed by atoms with Gasteiger partial charge >= 0.3 is 5.97 Å². The number of carbonyl (C=O) groups excluding carboxylic acids is 1. The summed E-state index contributed by atoms with van der Waals surface area (Å²) in [6, 6.07) is 5.44. The van der Waals surface area contributed by atoms with Crippen LogP contribution in [-0.4, -0.2) is 26.8 Å². The minimum absolute atomic E-state index is 0.0582. The van der Waals surface area contributed by atoms with E-state index in [-0.39, 0.29) is 24.7 Å². The molecular weight excluding hydrogens is 290 g/mol. The highest BCUT2D eigenvalue weighted by atomic mass is 32.1. The number of aliphatic carboxylic acids is 1. The Morgan fingerprint density at radius 1 is 1.43 bits per heavy atom. The first-order valence-corrected chi connectivity index (χ1v) is 7.55. The van der Waals surface area contributed by atoms with Crippen molar-refractivity contribution in [3.8, 4) is 0 Å². The third-order valence-corrected chi connectivity index (χ3v) is 4.07. The Kier molecular flexibility index (Phi) is 5.10. The van der Waals surface area contributed by atoms with Gasteiger partial charge < -0.3 is 10.4 Å². The lowest BCUT2D eigenvalue weighted by molar-refractivity contribution is -0.137. The molecule has 2 aromatic rings. The normalized spacial score (nSPS) is 12.0. The lowest BCUT2D eigenvalue weighted by atomic mass is 9.99. The number of thiophene rings is 1. The molecule has 112 valence electrons. The van der Waals surface area contributed by atoms with Crippen LogP contribution in [0.3, 0.4) is 0 Å². The highest BCUT2D eigenvalue weighted by molar-refractivity contribution is 7.10. The highest BCUT2D eigenvalue weighted by Crippen LogP contribution is 2.28. The van der Waals surface area contributed by atoms with Crippen molar-refractivity contribution in [1.29, 1.82) is 0 Å². The van der Waals surface area contributed by atoms with Crippen molar-refractivity contribution in [2.24, 2.45) is 0 Å². The molecule has 0 saturated heterocycles. The van der Waals surface area contributed by atoms with E-state index in [1.807, 2.05) is 24.4 Å². The van der Waals surface area contributed by atoms with Gasteiger partial charge in [-0.05, 0) is 18.4 Å². The second-order valence-electron chi connectivity index (χ2n) is 4.62. The molecule has 0 saturated carbocycles. The molecule has 0 aliphatic carbocycles. The molecule has 0 fully saturated rings. The fourth-order valence-electron chi connectivity index (χ4n) is 2.03. The minimum Gasteiger partial charge on any atom is -0.481 e. The van der Waals surface area contributed by atoms with Crippen molar-refractivity contribution in [1.82, 2.24) is 9.78 Å². The average Bonchev–Trinajstić information content (AvgIpc) is 3.08. The molecule has 0 bridgehead atoms. The van der Waals surface area contributed by atoms with E-state index < -0.39 is 5.97 Å². The van der Waals surface area contributed by atoms with E-state index in [4.69, 9.17) is 5.11 Å². The summed E-state index contributed by atoms with van der Waals surface area (Å²) in [6.45, 7) is 2.69. The van der Waals surface area contributed by atoms with Gasteiger partial charge in [-0.2, -0.15) is 5.10 Å². The zero-order valence-corrected chi connectivity index (χ0v) is 12.5. The number of amides is 1. The number of aromatic nitrogens is 2. The lowest BCUT2D eigenvalue weighted by Gasteiger charge is -2.12. The Labute approximate surface area is 126 Å². The topological polar surface area (TPSA) is 84.2 Å². The molecule has 0 aromatic carbocycles. The summed E-state index contributed by atoms with van der Waals surface area (Å²) < 4.78 is 1.71. The molecular formula is C14H17N3O3S. The second-order valence-corrected chi connectivity index (χ2v) is 5.60. The van der Waals surface area contributed by atoms with Gasteiger partial charge in [0.15, 0.2) is 5.82 Å². The van der Waals surface area contributed by atoms with Crippen molar-refractivity contribution in [3.05, 3.63) is 34.7 Å². The third kappa shape index (κ3) is 4.42. The van der Waals surface area contributed by atoms with Gasteiger partial charge in [0.1, 0.15) is 0 Å². The quantitative estimate of drug-likeness (QED) is 0.823. The zero-order chi connectivity index (χ0) is 15.2. The van der Waals surface area contributed by atoms with Crippen LogP contribution in [0.4, 0.5) is 5.82 Å². The number of hydrogen-bond acceptors (Lipinski definition) is 4. The van der Waals surface area contributed by atoms with Crippen molar-refractivity contribution < 1.29 is 14.7 Å². The van der Waals surface area contributed by atoms with Gasteiger partial charge in [-0.15, -0.1) is 11.3 Å². The molecule has 0 unspecified atom stereocenters. The fraction of sp³-hybridized carbons (Fsp3) is 0.357. The van der Waals surface area contributed by atoms with Crippen LogP contribution >= 0.6 is 11.3 Å². The average molecular weight is 307 g/mol. The SMILES string of the molecule is CCn1ccc(NC(=O)C[C@@H](CC(=O)O)c2cccs2)n1. The Balaban J connectivity index is 1.99. The van der Waals surface area contributed by atoms with Gasteiger partial charge in [0.25, 0.3) is 0 Å². The smallest absolute Gasteiger partial charge is 0.304 e. The van der Waals surface area contributed by atoms with Crippen LogP contribution in [0.2, 0.25) is 0 Å². The maximum Gasteiger partial charge on any atom is 0.304 e. The van der Waals surface area contributed by atoms with E-state index in [1.54, 1.807) is 16.9 Å². The summed E-state index contributed by atoms with van der Waals surface area (Å²) in [5.74, 6) is -0.953. The molecule has 7 heteroatoms. The van der Waals surface area contributed by atoms with Crippen LogP contribution < -0.4 is 5.32 Å². The number of carboxylic acid groups (broad SMARTS) is 1. The zero-order valence-electron chi connectivity index (χ0n) is 11.7. The molecule has 6 nitrogen and oxygen atoms in total. The maximum absolute atomic E-state index is 12.0. The summed E-state index contributed by atoms with van der Waals surface area (Å²) in [4.78, 5) is 23.9. The van der Waals surface area contributed by atoms with Crippen molar-refractivity contribution in [2.75, 3.05) is 5.32 Å². The lowest BCUT2D eigenvalue weighted by Crippen LogP contribution is -2.17. The van der Waals surface area contributed by atoms with Crippen LogP contribution in [0.5, 0.6) is 0 Å². The van der Waals surface area contributed by atoms with Crippen LogP contribution in [-0.2, 0) is 16.1 Å². The number of rotatable bonds is 7. The number of nitrogens with zero attached hydrogens (tertiary/aromatic N) is 2. The summed E-state index contributed by atoms with van der Waals surface area (Å²) in [7, 11) is 0. The monoisotopic (exact) mass is 307 g/mol. The number of nitrogens with one attached hydrogen (secondary N) is 1. The Morgan fingerprint density at radius 2 is 2.24 bits per heavy atom. The summed E-state index contributed by atoms with van der Waals surface area (Å²) in [5.41, 5.74) is 0. The van der Waals surface area contributed by atoms with E-state index in [2.05, 4.69) is 10.4 Å². The van der Waals surface area contributed by atoms with Gasteiger partial charge in [0.05, 0.1) is 6.42 Å². The number of hydrogen-bond donors (Lipinski definition) is 2. The molecule has 2 N–H and O–H groups in total. The van der Waals surface area contributed by atoms with Crippen molar-refractivity contribution >= 4 is 29.0 Å². The van der Waals surface area contributed by atoms with Gasteiger partial charge in [0, 0.05) is 36.0 Å². The largest absolute Gasteiger partial charge is 0.481 e. The van der Waals surface area contributed by atoms with Crippen LogP contribution in [0.15, 0.2) is 29.8 Å². The van der Waals surface area contributed by atoms with Gasteiger partial charge in [0.2, 0.25) is 5.91 Å². The first-order valence-electron chi connectivity index (χ1n) is 6.67. The number of anilines is 1. The van der Waals surface area contributed by atoms with Gasteiger partial charge in [-0.3, -0.25) is 14.3 Å². The Morgan fingerprint density at radius 3 is 2.81 bits per heavy atom. The van der Waals surface area contributed by atoms with E-state index >= 15 is 0 Å². The molecule has 1 amide bonds. The number of aryl methyl sites for hydroxylation is 1. The molecule has 2 aromatic heterocycles. The predicted octanol–water partition coefficient (Wildman–Crippen LogP) is 2.55. The number of carbonyl (C=O) groups is 2. The molecule has 0 aliphatic rings. The minimum atomic E-state index is -0.906. The molecule has 0 spiro atoms. The molecule has 0 radical (unpaired) electrons. The first-order chi connectivity index (χ1) is 10.1. The van der Waals surface area contributed by atoms with E-state index in [0.717, 1.165) is 11.4 Å². The highest BCUT2D eigenvalue weighted by Gasteiger charge is 2.20. The van der Waals surface area contributed by atoms with E-state index in [1.165, 1.54) is 11.3 Å². The van der Waals surface area contributed by atoms with Crippen LogP contribution in [0, 0.1) is 0 Å². The molecule has 1 atom stereocenters. The molecule has 2 heterocycles. The molecule has 0 aliphatic heterocycles. The molecule has 2 rings (SSSR count). The van der Waals surface area contributed by atoms with E-state index in [9.17, 15) is 9.59 Å². The summed E-state index contributed by atoms with van der Waals surface area (Å²) >= 11 is 1.47. The van der Waals surface area contributed by atoms with Crippen LogP contribution in [0.1, 0.15) is 30.6 Å². The standard InChI is InChI=1S/C14H17N3O3S/c1-2-17-6-5-12(16-17)15-13(18)8-10(9-14(19)20)11-4-3-7-21-11/h3-7,10H,2,8-9H2,1H3,(H,19,20)(H,15,16,18)/t10-/m0/s1. The van der Waals surface area contributed by atoms with Gasteiger partial charge in [-0.25, -0.2) is 0 Å².